The van der Waals surface area contributed by atoms with Crippen molar-refractivity contribution in [2.45, 2.75) is 26.3 Å². The van der Waals surface area contributed by atoms with Gasteiger partial charge in [-0.1, -0.05) is 26.0 Å². The first-order valence-corrected chi connectivity index (χ1v) is 8.63. The van der Waals surface area contributed by atoms with Crippen molar-refractivity contribution in [2.24, 2.45) is 5.92 Å². The summed E-state index contributed by atoms with van der Waals surface area (Å²) < 4.78 is 5.75. The van der Waals surface area contributed by atoms with Crippen molar-refractivity contribution in [2.75, 3.05) is 30.0 Å². The standard InChI is InChI=1S/C16H24N2O2S.ClH/c1-12(2)10-20-15-6-4-3-5-14(15)18-16(19)9-13-11-21-8-7-17-13;/h3-6,12-13,17H,7-11H2,1-2H3,(H,18,19);1H. The van der Waals surface area contributed by atoms with Crippen molar-refractivity contribution in [1.29, 1.82) is 0 Å². The van der Waals surface area contributed by atoms with Crippen molar-refractivity contribution in [3.63, 3.8) is 0 Å². The molecule has 2 N–H and O–H groups in total. The van der Waals surface area contributed by atoms with Gasteiger partial charge in [0.25, 0.3) is 0 Å². The zero-order valence-electron chi connectivity index (χ0n) is 13.1. The van der Waals surface area contributed by atoms with Gasteiger partial charge < -0.3 is 15.4 Å². The molecule has 1 fully saturated rings. The number of carbonyl (C=O) groups is 1. The molecule has 2 rings (SSSR count). The third-order valence-electron chi connectivity index (χ3n) is 3.16. The molecule has 124 valence electrons. The van der Waals surface area contributed by atoms with Crippen molar-refractivity contribution in [3.8, 4) is 5.75 Å². The van der Waals surface area contributed by atoms with Crippen molar-refractivity contribution in [1.82, 2.24) is 5.32 Å². The second-order valence-electron chi connectivity index (χ2n) is 5.68. The number of amides is 1. The summed E-state index contributed by atoms with van der Waals surface area (Å²) in [6, 6.07) is 7.88. The number of nitrogens with one attached hydrogen (secondary N) is 2. The van der Waals surface area contributed by atoms with E-state index in [4.69, 9.17) is 4.74 Å². The first kappa shape index (κ1) is 19.1. The van der Waals surface area contributed by atoms with Crippen molar-refractivity contribution < 1.29 is 9.53 Å². The van der Waals surface area contributed by atoms with Crippen molar-refractivity contribution in [3.05, 3.63) is 24.3 Å². The van der Waals surface area contributed by atoms with Crippen LogP contribution in [0.15, 0.2) is 24.3 Å². The molecule has 0 spiro atoms. The van der Waals surface area contributed by atoms with Gasteiger partial charge in [0.05, 0.1) is 12.3 Å². The molecule has 0 bridgehead atoms. The third kappa shape index (κ3) is 6.46. The summed E-state index contributed by atoms with van der Waals surface area (Å²) in [7, 11) is 0. The number of thioether (sulfide) groups is 1. The van der Waals surface area contributed by atoms with Gasteiger partial charge in [-0.15, -0.1) is 12.4 Å². The largest absolute Gasteiger partial charge is 0.491 e. The number of benzene rings is 1. The predicted molar refractivity (Wildman–Crippen MR) is 96.4 cm³/mol. The highest BCUT2D eigenvalue weighted by Gasteiger charge is 2.17. The maximum atomic E-state index is 12.2. The first-order chi connectivity index (χ1) is 10.1. The van der Waals surface area contributed by atoms with E-state index < -0.39 is 0 Å². The number of anilines is 1. The lowest BCUT2D eigenvalue weighted by molar-refractivity contribution is -0.116. The van der Waals surface area contributed by atoms with Crippen LogP contribution in [0.1, 0.15) is 20.3 Å². The molecule has 1 aromatic carbocycles. The molecular weight excluding hydrogens is 320 g/mol. The number of carbonyl (C=O) groups excluding carboxylic acids is 1. The normalized spacial score (nSPS) is 17.7. The Morgan fingerprint density at radius 2 is 2.23 bits per heavy atom. The molecule has 0 aromatic heterocycles. The maximum absolute atomic E-state index is 12.2. The molecule has 1 aliphatic heterocycles. The molecule has 1 aliphatic rings. The van der Waals surface area contributed by atoms with E-state index in [1.54, 1.807) is 0 Å². The van der Waals surface area contributed by atoms with Crippen LogP contribution in [0.4, 0.5) is 5.69 Å². The van der Waals surface area contributed by atoms with Crippen LogP contribution in [0.5, 0.6) is 5.75 Å². The molecule has 1 amide bonds. The van der Waals surface area contributed by atoms with E-state index in [-0.39, 0.29) is 24.4 Å². The second kappa shape index (κ2) is 9.98. The van der Waals surface area contributed by atoms with E-state index in [9.17, 15) is 4.79 Å². The van der Waals surface area contributed by atoms with Crippen LogP contribution in [0.3, 0.4) is 0 Å². The van der Waals surface area contributed by atoms with E-state index in [1.165, 1.54) is 0 Å². The third-order valence-corrected chi connectivity index (χ3v) is 4.29. The number of rotatable bonds is 6. The summed E-state index contributed by atoms with van der Waals surface area (Å²) >= 11 is 1.90. The minimum Gasteiger partial charge on any atom is -0.491 e. The summed E-state index contributed by atoms with van der Waals surface area (Å²) in [5.41, 5.74) is 0.756. The Bertz CT molecular complexity index is 465. The van der Waals surface area contributed by atoms with Gasteiger partial charge in [-0.25, -0.2) is 0 Å². The number of ether oxygens (including phenoxy) is 1. The molecule has 1 atom stereocenters. The molecule has 1 unspecified atom stereocenters. The van der Waals surface area contributed by atoms with E-state index in [0.717, 1.165) is 29.5 Å². The van der Waals surface area contributed by atoms with Crippen LogP contribution in [0, 0.1) is 5.92 Å². The predicted octanol–water partition coefficient (Wildman–Crippen LogP) is 3.18. The van der Waals surface area contributed by atoms with Crippen LogP contribution in [-0.2, 0) is 4.79 Å². The summed E-state index contributed by atoms with van der Waals surface area (Å²) in [4.78, 5) is 12.2. The second-order valence-corrected chi connectivity index (χ2v) is 6.83. The summed E-state index contributed by atoms with van der Waals surface area (Å²) in [5, 5.41) is 6.35. The number of hydrogen-bond donors (Lipinski definition) is 2. The van der Waals surface area contributed by atoms with Gasteiger partial charge in [-0.2, -0.15) is 11.8 Å². The quantitative estimate of drug-likeness (QED) is 0.832. The summed E-state index contributed by atoms with van der Waals surface area (Å²) in [5.74, 6) is 3.36. The van der Waals surface area contributed by atoms with Gasteiger partial charge in [-0.05, 0) is 18.1 Å². The van der Waals surface area contributed by atoms with Crippen molar-refractivity contribution >= 4 is 35.8 Å². The fourth-order valence-corrected chi connectivity index (χ4v) is 3.08. The lowest BCUT2D eigenvalue weighted by Gasteiger charge is -2.22. The average Bonchev–Trinajstić information content (AvgIpc) is 2.47. The number of halogens is 1. The number of hydrogen-bond acceptors (Lipinski definition) is 4. The zero-order valence-corrected chi connectivity index (χ0v) is 14.8. The van der Waals surface area contributed by atoms with E-state index in [1.807, 2.05) is 36.0 Å². The van der Waals surface area contributed by atoms with Crippen LogP contribution < -0.4 is 15.4 Å². The molecule has 0 saturated carbocycles. The topological polar surface area (TPSA) is 50.4 Å². The fourth-order valence-electron chi connectivity index (χ4n) is 2.13. The highest BCUT2D eigenvalue weighted by Crippen LogP contribution is 2.24. The maximum Gasteiger partial charge on any atom is 0.226 e. The monoisotopic (exact) mass is 344 g/mol. The van der Waals surface area contributed by atoms with Gasteiger partial charge in [0.15, 0.2) is 0 Å². The minimum atomic E-state index is 0. The molecule has 4 nitrogen and oxygen atoms in total. The lowest BCUT2D eigenvalue weighted by Crippen LogP contribution is -2.39. The zero-order chi connectivity index (χ0) is 15.1. The van der Waals surface area contributed by atoms with Gasteiger partial charge >= 0.3 is 0 Å². The van der Waals surface area contributed by atoms with Gasteiger partial charge in [-0.3, -0.25) is 4.79 Å². The Morgan fingerprint density at radius 3 is 2.91 bits per heavy atom. The smallest absolute Gasteiger partial charge is 0.226 e. The molecule has 0 aliphatic carbocycles. The van der Waals surface area contributed by atoms with Crippen LogP contribution >= 0.6 is 24.2 Å². The Labute approximate surface area is 143 Å². The average molecular weight is 345 g/mol. The Hall–Kier alpha value is -0.910. The van der Waals surface area contributed by atoms with Crippen LogP contribution in [-0.4, -0.2) is 36.6 Å². The summed E-state index contributed by atoms with van der Waals surface area (Å²) in [6.45, 7) is 5.84. The lowest BCUT2D eigenvalue weighted by atomic mass is 10.2. The highest BCUT2D eigenvalue weighted by molar-refractivity contribution is 7.99. The van der Waals surface area contributed by atoms with Gasteiger partial charge in [0.1, 0.15) is 5.75 Å². The van der Waals surface area contributed by atoms with Crippen LogP contribution in [0.25, 0.3) is 0 Å². The minimum absolute atomic E-state index is 0. The first-order valence-electron chi connectivity index (χ1n) is 7.48. The molecule has 1 saturated heterocycles. The molecule has 1 heterocycles. The molecule has 6 heteroatoms. The molecule has 1 aromatic rings. The van der Waals surface area contributed by atoms with E-state index in [2.05, 4.69) is 24.5 Å². The molecule has 0 radical (unpaired) electrons. The molecule has 22 heavy (non-hydrogen) atoms. The van der Waals surface area contributed by atoms with Crippen LogP contribution in [0.2, 0.25) is 0 Å². The van der Waals surface area contributed by atoms with E-state index >= 15 is 0 Å². The Kier molecular flexibility index (Phi) is 8.68. The Morgan fingerprint density at radius 1 is 1.45 bits per heavy atom. The van der Waals surface area contributed by atoms with Gasteiger partial charge in [0, 0.05) is 30.5 Å². The molecular formula is C16H25ClN2O2S. The Balaban J connectivity index is 0.00000242. The van der Waals surface area contributed by atoms with Gasteiger partial charge in [0.2, 0.25) is 5.91 Å². The SMILES string of the molecule is CC(C)COc1ccccc1NC(=O)CC1CSCCN1.Cl. The number of para-hydroxylation sites is 2. The summed E-state index contributed by atoms with van der Waals surface area (Å²) in [6.07, 6.45) is 0.505. The highest BCUT2D eigenvalue weighted by atomic mass is 35.5. The van der Waals surface area contributed by atoms with E-state index in [0.29, 0.717) is 18.9 Å². The fraction of sp³-hybridized carbons (Fsp3) is 0.562.